The van der Waals surface area contributed by atoms with Crippen molar-refractivity contribution >= 4 is 35.6 Å². The number of methoxy groups -OCH3 is 1. The number of rotatable bonds is 15. The lowest BCUT2D eigenvalue weighted by Gasteiger charge is -2.29. The van der Waals surface area contributed by atoms with E-state index in [1.54, 1.807) is 54.5 Å². The predicted octanol–water partition coefficient (Wildman–Crippen LogP) is 3.44. The molecule has 0 fully saturated rings. The van der Waals surface area contributed by atoms with E-state index in [9.17, 15) is 28.8 Å². The standard InChI is InChI=1S/C32H48F2N4O8/c1-11-19(6)23(28(42)45-10)35-26(40)21(17(2)3)37-29(43)32(33,34)25(39)24(20-15-13-12-14-16-20)36-27(41)22(18(4)5)38-30(44)46-31(7,8)9/h12-19,21-24H,11H2,1-10H3,(H,35,40)(H,36,41)(H,37,43)(H,38,44)/t19?,21-,22-,23-,24-/m0/s1. The van der Waals surface area contributed by atoms with Gasteiger partial charge in [0.15, 0.2) is 0 Å². The van der Waals surface area contributed by atoms with Crippen molar-refractivity contribution in [3.8, 4) is 0 Å². The number of esters is 1. The molecule has 0 saturated heterocycles. The minimum Gasteiger partial charge on any atom is -0.467 e. The molecule has 1 aromatic rings. The Morgan fingerprint density at radius 2 is 1.26 bits per heavy atom. The van der Waals surface area contributed by atoms with Crippen LogP contribution in [0.2, 0.25) is 0 Å². The Morgan fingerprint density at radius 1 is 0.761 bits per heavy atom. The first-order chi connectivity index (χ1) is 21.2. The highest BCUT2D eigenvalue weighted by atomic mass is 19.3. The van der Waals surface area contributed by atoms with Gasteiger partial charge in [-0.3, -0.25) is 19.2 Å². The van der Waals surface area contributed by atoms with Crippen molar-refractivity contribution in [3.05, 3.63) is 35.9 Å². The van der Waals surface area contributed by atoms with Gasteiger partial charge < -0.3 is 30.7 Å². The van der Waals surface area contributed by atoms with E-state index in [2.05, 4.69) is 16.0 Å². The maximum absolute atomic E-state index is 15.7. The molecular formula is C32H48F2N4O8. The Morgan fingerprint density at radius 3 is 1.72 bits per heavy atom. The average Bonchev–Trinajstić information content (AvgIpc) is 2.97. The van der Waals surface area contributed by atoms with Crippen molar-refractivity contribution < 1.29 is 47.0 Å². The van der Waals surface area contributed by atoms with Crippen LogP contribution in [-0.4, -0.2) is 72.3 Å². The fraction of sp³-hybridized carbons (Fsp3) is 0.625. The number of hydrogen-bond donors (Lipinski definition) is 4. The van der Waals surface area contributed by atoms with E-state index in [4.69, 9.17) is 9.47 Å². The molecule has 5 atom stereocenters. The number of hydrogen-bond acceptors (Lipinski definition) is 8. The smallest absolute Gasteiger partial charge is 0.408 e. The number of alkyl halides is 2. The summed E-state index contributed by atoms with van der Waals surface area (Å²) in [7, 11) is 1.14. The zero-order valence-corrected chi connectivity index (χ0v) is 28.2. The number of benzene rings is 1. The molecule has 1 unspecified atom stereocenters. The largest absolute Gasteiger partial charge is 0.467 e. The molecule has 0 aliphatic rings. The Kier molecular flexibility index (Phi) is 14.7. The van der Waals surface area contributed by atoms with Crippen molar-refractivity contribution in [2.24, 2.45) is 17.8 Å². The third-order valence-corrected chi connectivity index (χ3v) is 7.10. The summed E-state index contributed by atoms with van der Waals surface area (Å²) in [6, 6.07) is 1.11. The summed E-state index contributed by atoms with van der Waals surface area (Å²) >= 11 is 0. The zero-order chi connectivity index (χ0) is 35.6. The van der Waals surface area contributed by atoms with Gasteiger partial charge >= 0.3 is 18.0 Å². The van der Waals surface area contributed by atoms with Gasteiger partial charge in [0.1, 0.15) is 29.8 Å². The predicted molar refractivity (Wildman–Crippen MR) is 165 cm³/mol. The van der Waals surface area contributed by atoms with Crippen LogP contribution in [-0.2, 0) is 33.4 Å². The molecule has 0 heterocycles. The number of alkyl carbamates (subject to hydrolysis) is 1. The lowest BCUT2D eigenvalue weighted by atomic mass is 9.95. The molecule has 0 bridgehead atoms. The fourth-order valence-electron chi connectivity index (χ4n) is 4.25. The van der Waals surface area contributed by atoms with Crippen LogP contribution in [0.1, 0.15) is 80.3 Å². The Balaban J connectivity index is 3.35. The molecule has 4 N–H and O–H groups in total. The quantitative estimate of drug-likeness (QED) is 0.165. The molecule has 14 heteroatoms. The van der Waals surface area contributed by atoms with E-state index in [0.29, 0.717) is 6.42 Å². The molecule has 1 aromatic carbocycles. The molecule has 0 aliphatic carbocycles. The highest BCUT2D eigenvalue weighted by Gasteiger charge is 2.52. The van der Waals surface area contributed by atoms with Crippen LogP contribution in [0.5, 0.6) is 0 Å². The van der Waals surface area contributed by atoms with Crippen LogP contribution in [0.15, 0.2) is 30.3 Å². The summed E-state index contributed by atoms with van der Waals surface area (Å²) in [5, 5.41) is 9.05. The molecule has 0 aliphatic heterocycles. The Labute approximate surface area is 269 Å². The summed E-state index contributed by atoms with van der Waals surface area (Å²) in [5.41, 5.74) is -0.945. The summed E-state index contributed by atoms with van der Waals surface area (Å²) in [5.74, 6) is -13.1. The number of amides is 4. The van der Waals surface area contributed by atoms with E-state index in [0.717, 1.165) is 7.11 Å². The molecule has 1 rings (SSSR count). The van der Waals surface area contributed by atoms with E-state index in [1.807, 2.05) is 5.32 Å². The highest BCUT2D eigenvalue weighted by Crippen LogP contribution is 2.27. The van der Waals surface area contributed by atoms with Gasteiger partial charge in [-0.05, 0) is 44.1 Å². The van der Waals surface area contributed by atoms with E-state index < -0.39 is 83.1 Å². The van der Waals surface area contributed by atoms with Crippen LogP contribution in [0.25, 0.3) is 0 Å². The van der Waals surface area contributed by atoms with Crippen LogP contribution in [0, 0.1) is 17.8 Å². The third-order valence-electron chi connectivity index (χ3n) is 7.10. The van der Waals surface area contributed by atoms with E-state index in [-0.39, 0.29) is 11.5 Å². The monoisotopic (exact) mass is 654 g/mol. The summed E-state index contributed by atoms with van der Waals surface area (Å²) in [6.45, 7) is 14.5. The number of Topliss-reactive ketones (excluding diaryl/α,β-unsaturated/α-hetero) is 1. The lowest BCUT2D eigenvalue weighted by Crippen LogP contribution is -2.60. The minimum atomic E-state index is -4.73. The summed E-state index contributed by atoms with van der Waals surface area (Å²) in [6.07, 6.45) is -0.461. The molecule has 258 valence electrons. The van der Waals surface area contributed by atoms with Gasteiger partial charge in [0.25, 0.3) is 5.91 Å². The van der Waals surface area contributed by atoms with Gasteiger partial charge in [-0.25, -0.2) is 9.59 Å². The number of ether oxygens (including phenoxy) is 2. The normalized spacial score (nSPS) is 15.1. The lowest BCUT2D eigenvalue weighted by molar-refractivity contribution is -0.162. The Bertz CT molecular complexity index is 1230. The second-order valence-electron chi connectivity index (χ2n) is 12.7. The van der Waals surface area contributed by atoms with Crippen molar-refractivity contribution in [3.63, 3.8) is 0 Å². The van der Waals surface area contributed by atoms with Crippen LogP contribution >= 0.6 is 0 Å². The van der Waals surface area contributed by atoms with Crippen LogP contribution in [0.3, 0.4) is 0 Å². The molecule has 0 saturated carbocycles. The van der Waals surface area contributed by atoms with Gasteiger partial charge in [-0.15, -0.1) is 0 Å². The first-order valence-corrected chi connectivity index (χ1v) is 15.1. The van der Waals surface area contributed by atoms with E-state index >= 15 is 8.78 Å². The first kappa shape index (κ1) is 39.9. The Hall–Kier alpha value is -4.10. The van der Waals surface area contributed by atoms with Crippen LogP contribution in [0.4, 0.5) is 13.6 Å². The first-order valence-electron chi connectivity index (χ1n) is 15.1. The molecule has 12 nitrogen and oxygen atoms in total. The van der Waals surface area contributed by atoms with Crippen LogP contribution < -0.4 is 21.3 Å². The number of ketones is 1. The third kappa shape index (κ3) is 11.4. The average molecular weight is 655 g/mol. The van der Waals surface area contributed by atoms with Crippen molar-refractivity contribution in [2.45, 2.75) is 104 Å². The van der Waals surface area contributed by atoms with Crippen molar-refractivity contribution in [1.82, 2.24) is 21.3 Å². The van der Waals surface area contributed by atoms with Gasteiger partial charge in [-0.1, -0.05) is 78.3 Å². The molecule has 0 aromatic heterocycles. The maximum Gasteiger partial charge on any atom is 0.408 e. The SMILES string of the molecule is CCC(C)[C@H](NC(=O)[C@@H](NC(=O)C(F)(F)C(=O)[C@@H](NC(=O)[C@@H](NC(=O)OC(C)(C)C)C(C)C)c1ccccc1)C(C)C)C(=O)OC. The van der Waals surface area contributed by atoms with Gasteiger partial charge in [0.05, 0.1) is 7.11 Å². The van der Waals surface area contributed by atoms with Gasteiger partial charge in [-0.2, -0.15) is 8.78 Å². The summed E-state index contributed by atoms with van der Waals surface area (Å²) < 4.78 is 41.3. The molecule has 0 radical (unpaired) electrons. The fourth-order valence-corrected chi connectivity index (χ4v) is 4.25. The number of carbonyl (C=O) groups is 6. The molecule has 0 spiro atoms. The number of carbonyl (C=O) groups excluding carboxylic acids is 6. The number of halogens is 2. The van der Waals surface area contributed by atoms with Gasteiger partial charge in [0, 0.05) is 0 Å². The second-order valence-corrected chi connectivity index (χ2v) is 12.7. The minimum absolute atomic E-state index is 0.0549. The molecule has 46 heavy (non-hydrogen) atoms. The summed E-state index contributed by atoms with van der Waals surface area (Å²) in [4.78, 5) is 77.5. The molecular weight excluding hydrogens is 606 g/mol. The number of nitrogens with one attached hydrogen (secondary N) is 4. The second kappa shape index (κ2) is 17.0. The zero-order valence-electron chi connectivity index (χ0n) is 28.2. The van der Waals surface area contributed by atoms with E-state index in [1.165, 1.54) is 38.1 Å². The maximum atomic E-state index is 15.7. The highest BCUT2D eigenvalue weighted by molar-refractivity contribution is 6.11. The molecule has 4 amide bonds. The topological polar surface area (TPSA) is 169 Å². The van der Waals surface area contributed by atoms with Gasteiger partial charge in [0.2, 0.25) is 17.6 Å². The van der Waals surface area contributed by atoms with Crippen molar-refractivity contribution in [2.75, 3.05) is 7.11 Å². The van der Waals surface area contributed by atoms with Crippen molar-refractivity contribution in [1.29, 1.82) is 0 Å².